The topological polar surface area (TPSA) is 63.6 Å². The van der Waals surface area contributed by atoms with Crippen LogP contribution in [0.3, 0.4) is 0 Å². The minimum absolute atomic E-state index is 0.0782. The predicted octanol–water partition coefficient (Wildman–Crippen LogP) is 3.20. The van der Waals surface area contributed by atoms with E-state index >= 15 is 0 Å². The largest absolute Gasteiger partial charge is 0.461 e. The van der Waals surface area contributed by atoms with Gasteiger partial charge in [-0.25, -0.2) is 0 Å². The molecular formula is C18H28O4. The van der Waals surface area contributed by atoms with Gasteiger partial charge in [-0.1, -0.05) is 31.4 Å². The van der Waals surface area contributed by atoms with Gasteiger partial charge in [0, 0.05) is 0 Å². The second-order valence-electron chi connectivity index (χ2n) is 6.40. The third-order valence-electron chi connectivity index (χ3n) is 4.13. The van der Waals surface area contributed by atoms with Crippen LogP contribution in [0.4, 0.5) is 0 Å². The Hall–Kier alpha value is -1.42. The molecule has 22 heavy (non-hydrogen) atoms. The van der Waals surface area contributed by atoms with Crippen LogP contribution in [-0.2, 0) is 14.3 Å². The Morgan fingerprint density at radius 1 is 1.36 bits per heavy atom. The number of hydrogen-bond donors (Lipinski definition) is 1. The molecule has 0 aliphatic carbocycles. The van der Waals surface area contributed by atoms with Crippen molar-refractivity contribution in [3.05, 3.63) is 23.3 Å². The maximum Gasteiger partial charge on any atom is 0.315 e. The van der Waals surface area contributed by atoms with Crippen LogP contribution in [0, 0.1) is 11.8 Å². The second kappa shape index (κ2) is 9.57. The van der Waals surface area contributed by atoms with Gasteiger partial charge in [0.25, 0.3) is 0 Å². The Bertz CT molecular complexity index is 436. The summed E-state index contributed by atoms with van der Waals surface area (Å²) in [5, 5.41) is 9.05. The summed E-state index contributed by atoms with van der Waals surface area (Å²) in [5.74, 6) is 0.0356. The number of aliphatic hydroxyl groups excluding tert-OH is 1. The zero-order valence-electron chi connectivity index (χ0n) is 13.9. The van der Waals surface area contributed by atoms with Crippen LogP contribution in [0.25, 0.3) is 0 Å². The Balaban J connectivity index is 2.18. The molecule has 4 heteroatoms. The lowest BCUT2D eigenvalue weighted by atomic mass is 9.91. The van der Waals surface area contributed by atoms with Crippen molar-refractivity contribution < 1.29 is 19.4 Å². The Kier molecular flexibility index (Phi) is 8.10. The zero-order valence-corrected chi connectivity index (χ0v) is 13.9. The van der Waals surface area contributed by atoms with E-state index in [2.05, 4.69) is 19.9 Å². The molecule has 1 saturated heterocycles. The van der Waals surface area contributed by atoms with Gasteiger partial charge in [-0.3, -0.25) is 9.59 Å². The summed E-state index contributed by atoms with van der Waals surface area (Å²) in [4.78, 5) is 21.4. The Morgan fingerprint density at radius 3 is 2.68 bits per heavy atom. The third kappa shape index (κ3) is 6.14. The molecule has 1 rings (SSSR count). The first kappa shape index (κ1) is 18.6. The maximum atomic E-state index is 11.1. The summed E-state index contributed by atoms with van der Waals surface area (Å²) < 4.78 is 5.04. The lowest BCUT2D eigenvalue weighted by molar-refractivity contribution is -0.189. The molecule has 1 fully saturated rings. The van der Waals surface area contributed by atoms with Crippen LogP contribution < -0.4 is 0 Å². The van der Waals surface area contributed by atoms with Gasteiger partial charge in [-0.2, -0.15) is 0 Å². The van der Waals surface area contributed by atoms with E-state index in [4.69, 9.17) is 9.84 Å². The number of hydrogen-bond acceptors (Lipinski definition) is 4. The van der Waals surface area contributed by atoms with Gasteiger partial charge in [0.2, 0.25) is 0 Å². The summed E-state index contributed by atoms with van der Waals surface area (Å²) in [6.45, 7) is 6.16. The number of aliphatic hydroxyl groups is 1. The summed E-state index contributed by atoms with van der Waals surface area (Å²) in [6, 6.07) is 0. The zero-order chi connectivity index (χ0) is 16.5. The van der Waals surface area contributed by atoms with Crippen molar-refractivity contribution in [1.82, 2.24) is 0 Å². The van der Waals surface area contributed by atoms with Gasteiger partial charge in [0.1, 0.15) is 18.3 Å². The highest BCUT2D eigenvalue weighted by Gasteiger charge is 2.41. The second-order valence-corrected chi connectivity index (χ2v) is 6.40. The molecule has 4 nitrogen and oxygen atoms in total. The number of carbonyl (C=O) groups is 2. The molecule has 1 N–H and O–H groups in total. The van der Waals surface area contributed by atoms with E-state index in [1.54, 1.807) is 6.08 Å². The van der Waals surface area contributed by atoms with Gasteiger partial charge in [-0.15, -0.1) is 0 Å². The molecule has 0 amide bonds. The highest BCUT2D eigenvalue weighted by molar-refractivity contribution is 5.78. The molecule has 0 aromatic rings. The minimum Gasteiger partial charge on any atom is -0.461 e. The first-order valence-electron chi connectivity index (χ1n) is 8.08. The van der Waals surface area contributed by atoms with Gasteiger partial charge in [-0.05, 0) is 50.7 Å². The van der Waals surface area contributed by atoms with Crippen molar-refractivity contribution in [2.24, 2.45) is 11.8 Å². The lowest BCUT2D eigenvalue weighted by Crippen LogP contribution is -2.47. The number of ether oxygens (including phenoxy) is 1. The van der Waals surface area contributed by atoms with Crippen LogP contribution in [0.2, 0.25) is 0 Å². The van der Waals surface area contributed by atoms with Gasteiger partial charge in [0.05, 0.1) is 6.61 Å². The molecule has 1 heterocycles. The first-order valence-corrected chi connectivity index (χ1v) is 8.08. The van der Waals surface area contributed by atoms with Crippen molar-refractivity contribution in [3.8, 4) is 0 Å². The average Bonchev–Trinajstić information content (AvgIpc) is 2.42. The van der Waals surface area contributed by atoms with E-state index in [1.807, 2.05) is 6.92 Å². The first-order chi connectivity index (χ1) is 10.5. The molecule has 124 valence electrons. The minimum atomic E-state index is -0.296. The molecular weight excluding hydrogens is 280 g/mol. The number of rotatable bonds is 10. The Morgan fingerprint density at radius 2 is 2.09 bits per heavy atom. The van der Waals surface area contributed by atoms with Crippen LogP contribution in [0.5, 0.6) is 0 Å². The van der Waals surface area contributed by atoms with Gasteiger partial charge < -0.3 is 9.84 Å². The molecule has 0 unspecified atom stereocenters. The fourth-order valence-electron chi connectivity index (χ4n) is 2.94. The summed E-state index contributed by atoms with van der Waals surface area (Å²) in [6.07, 6.45) is 9.50. The average molecular weight is 308 g/mol. The lowest BCUT2D eigenvalue weighted by Gasteiger charge is -2.33. The number of unbranched alkanes of at least 4 members (excludes halogenated alkanes) is 1. The highest BCUT2D eigenvalue weighted by Crippen LogP contribution is 2.27. The fraction of sp³-hybridized carbons (Fsp3) is 0.667. The third-order valence-corrected chi connectivity index (χ3v) is 4.13. The maximum absolute atomic E-state index is 11.1. The standard InChI is InChI=1S/C18H28O4/c1-13(10-15(3)11-14(2)8-9-19)6-4-5-7-17-16(12-20)18(21)22-17/h8-9,11,13,16-17,20H,4-7,10,12H2,1-3H3/t13-,16-,17-/m1/s1. The normalized spacial score (nSPS) is 23.7. The van der Waals surface area contributed by atoms with Crippen LogP contribution >= 0.6 is 0 Å². The van der Waals surface area contributed by atoms with Gasteiger partial charge >= 0.3 is 5.97 Å². The van der Waals surface area contributed by atoms with E-state index in [9.17, 15) is 9.59 Å². The van der Waals surface area contributed by atoms with E-state index in [-0.39, 0.29) is 24.6 Å². The van der Waals surface area contributed by atoms with Crippen molar-refractivity contribution in [1.29, 1.82) is 0 Å². The monoisotopic (exact) mass is 308 g/mol. The number of esters is 1. The van der Waals surface area contributed by atoms with Crippen LogP contribution in [0.15, 0.2) is 23.3 Å². The molecule has 0 radical (unpaired) electrons. The summed E-state index contributed by atoms with van der Waals surface area (Å²) >= 11 is 0. The quantitative estimate of drug-likeness (QED) is 0.221. The van der Waals surface area contributed by atoms with Crippen molar-refractivity contribution in [2.75, 3.05) is 6.61 Å². The predicted molar refractivity (Wildman–Crippen MR) is 86.3 cm³/mol. The summed E-state index contributed by atoms with van der Waals surface area (Å²) in [7, 11) is 0. The fourth-order valence-corrected chi connectivity index (χ4v) is 2.94. The van der Waals surface area contributed by atoms with Crippen LogP contribution in [0.1, 0.15) is 52.9 Å². The van der Waals surface area contributed by atoms with Crippen molar-refractivity contribution >= 4 is 12.3 Å². The molecule has 0 aromatic carbocycles. The highest BCUT2D eigenvalue weighted by atomic mass is 16.6. The number of carbonyl (C=O) groups excluding carboxylic acids is 2. The molecule has 1 aliphatic heterocycles. The molecule has 0 aromatic heterocycles. The molecule has 3 atom stereocenters. The molecule has 0 spiro atoms. The van der Waals surface area contributed by atoms with E-state index in [0.717, 1.165) is 44.0 Å². The van der Waals surface area contributed by atoms with Gasteiger partial charge in [0.15, 0.2) is 0 Å². The SMILES string of the molecule is CC(=CC=O)C=C(C)C[C@H](C)CCCC[C@H]1OC(=O)[C@@H]1CO. The van der Waals surface area contributed by atoms with Crippen LogP contribution in [-0.4, -0.2) is 30.1 Å². The molecule has 0 bridgehead atoms. The van der Waals surface area contributed by atoms with E-state index in [1.165, 1.54) is 5.57 Å². The summed E-state index contributed by atoms with van der Waals surface area (Å²) in [5.41, 5.74) is 2.28. The van der Waals surface area contributed by atoms with Crippen molar-refractivity contribution in [3.63, 3.8) is 0 Å². The smallest absolute Gasteiger partial charge is 0.315 e. The van der Waals surface area contributed by atoms with Crippen molar-refractivity contribution in [2.45, 2.75) is 59.0 Å². The number of aldehydes is 1. The number of cyclic esters (lactones) is 1. The molecule has 1 aliphatic rings. The molecule has 0 saturated carbocycles. The number of allylic oxidation sites excluding steroid dienone is 4. The Labute approximate surface area is 133 Å². The van der Waals surface area contributed by atoms with E-state index < -0.39 is 0 Å². The van der Waals surface area contributed by atoms with E-state index in [0.29, 0.717) is 5.92 Å².